The molecule has 21 heavy (non-hydrogen) atoms. The minimum atomic E-state index is -0.000301. The monoisotopic (exact) mass is 289 g/mol. The van der Waals surface area contributed by atoms with Crippen molar-refractivity contribution in [2.24, 2.45) is 0 Å². The first-order valence-electron chi connectivity index (χ1n) is 7.37. The van der Waals surface area contributed by atoms with E-state index in [0.29, 0.717) is 19.6 Å². The fraction of sp³-hybridized carbons (Fsp3) is 0.500. The van der Waals surface area contributed by atoms with Gasteiger partial charge in [-0.15, -0.1) is 0 Å². The number of imidazole rings is 1. The Hall–Kier alpha value is -1.88. The standard InChI is InChI=1S/C16H23N3O2/c1-12(2)21-8-4-6-17-16(20)10-14-11-19-7-5-13(3)9-15(19)18-14/h5,7,9,11-12H,4,6,8,10H2,1-3H3,(H,17,20). The number of nitrogens with one attached hydrogen (secondary N) is 1. The number of carbonyl (C=O) groups is 1. The first kappa shape index (κ1) is 15.5. The van der Waals surface area contributed by atoms with Gasteiger partial charge in [-0.3, -0.25) is 4.79 Å². The van der Waals surface area contributed by atoms with Gasteiger partial charge >= 0.3 is 0 Å². The molecule has 1 amide bonds. The zero-order valence-corrected chi connectivity index (χ0v) is 12.9. The van der Waals surface area contributed by atoms with Gasteiger partial charge in [0.05, 0.1) is 18.2 Å². The highest BCUT2D eigenvalue weighted by Crippen LogP contribution is 2.08. The summed E-state index contributed by atoms with van der Waals surface area (Å²) in [5, 5.41) is 2.89. The SMILES string of the molecule is Cc1ccn2cc(CC(=O)NCCCOC(C)C)nc2c1. The molecule has 0 spiro atoms. The molecule has 5 nitrogen and oxygen atoms in total. The van der Waals surface area contributed by atoms with Crippen molar-refractivity contribution in [3.8, 4) is 0 Å². The normalized spacial score (nSPS) is 11.2. The lowest BCUT2D eigenvalue weighted by atomic mass is 10.3. The second kappa shape index (κ2) is 7.22. The van der Waals surface area contributed by atoms with E-state index in [0.717, 1.165) is 23.3 Å². The molecule has 0 aliphatic carbocycles. The summed E-state index contributed by atoms with van der Waals surface area (Å²) in [5.41, 5.74) is 2.83. The third kappa shape index (κ3) is 4.86. The molecule has 0 atom stereocenters. The third-order valence-corrected chi connectivity index (χ3v) is 3.10. The molecule has 0 aliphatic heterocycles. The Labute approximate surface area is 125 Å². The summed E-state index contributed by atoms with van der Waals surface area (Å²) < 4.78 is 7.36. The maximum absolute atomic E-state index is 11.9. The molecule has 0 bridgehead atoms. The summed E-state index contributed by atoms with van der Waals surface area (Å²) >= 11 is 0. The molecule has 2 heterocycles. The van der Waals surface area contributed by atoms with E-state index in [-0.39, 0.29) is 12.0 Å². The van der Waals surface area contributed by atoms with E-state index < -0.39 is 0 Å². The van der Waals surface area contributed by atoms with Gasteiger partial charge in [-0.25, -0.2) is 4.98 Å². The van der Waals surface area contributed by atoms with E-state index in [9.17, 15) is 4.79 Å². The molecule has 1 N–H and O–H groups in total. The van der Waals surface area contributed by atoms with Crippen molar-refractivity contribution in [2.45, 2.75) is 39.7 Å². The van der Waals surface area contributed by atoms with E-state index in [4.69, 9.17) is 4.74 Å². The summed E-state index contributed by atoms with van der Waals surface area (Å²) in [4.78, 5) is 16.3. The molecule has 5 heteroatoms. The molecular weight excluding hydrogens is 266 g/mol. The first-order valence-corrected chi connectivity index (χ1v) is 7.37. The van der Waals surface area contributed by atoms with Crippen LogP contribution in [0.5, 0.6) is 0 Å². The average molecular weight is 289 g/mol. The van der Waals surface area contributed by atoms with E-state index in [1.54, 1.807) is 0 Å². The molecule has 0 radical (unpaired) electrons. The van der Waals surface area contributed by atoms with Gasteiger partial charge in [-0.2, -0.15) is 0 Å². The Morgan fingerprint density at radius 1 is 1.48 bits per heavy atom. The Morgan fingerprint density at radius 2 is 2.29 bits per heavy atom. The fourth-order valence-electron chi connectivity index (χ4n) is 2.07. The number of amides is 1. The summed E-state index contributed by atoms with van der Waals surface area (Å²) in [7, 11) is 0. The number of ether oxygens (including phenoxy) is 1. The van der Waals surface area contributed by atoms with Gasteiger partial charge in [-0.1, -0.05) is 0 Å². The quantitative estimate of drug-likeness (QED) is 0.794. The molecule has 0 unspecified atom stereocenters. The Balaban J connectivity index is 1.78. The highest BCUT2D eigenvalue weighted by Gasteiger charge is 2.07. The van der Waals surface area contributed by atoms with E-state index >= 15 is 0 Å². The number of nitrogens with zero attached hydrogens (tertiary/aromatic N) is 2. The van der Waals surface area contributed by atoms with Crippen LogP contribution in [0.2, 0.25) is 0 Å². The van der Waals surface area contributed by atoms with Crippen LogP contribution in [0.4, 0.5) is 0 Å². The lowest BCUT2D eigenvalue weighted by Gasteiger charge is -2.07. The number of fused-ring (bicyclic) bond motifs is 1. The van der Waals surface area contributed by atoms with Crippen molar-refractivity contribution in [3.05, 3.63) is 35.8 Å². The van der Waals surface area contributed by atoms with Crippen molar-refractivity contribution in [1.82, 2.24) is 14.7 Å². The number of hydrogen-bond donors (Lipinski definition) is 1. The van der Waals surface area contributed by atoms with Crippen LogP contribution >= 0.6 is 0 Å². The maximum Gasteiger partial charge on any atom is 0.226 e. The highest BCUT2D eigenvalue weighted by atomic mass is 16.5. The van der Waals surface area contributed by atoms with Crippen LogP contribution < -0.4 is 5.32 Å². The van der Waals surface area contributed by atoms with Gasteiger partial charge in [0.25, 0.3) is 0 Å². The highest BCUT2D eigenvalue weighted by molar-refractivity contribution is 5.78. The maximum atomic E-state index is 11.9. The van der Waals surface area contributed by atoms with Crippen LogP contribution in [0.1, 0.15) is 31.5 Å². The predicted octanol–water partition coefficient (Wildman–Crippen LogP) is 2.12. The Bertz CT molecular complexity index is 605. The molecule has 2 aromatic rings. The van der Waals surface area contributed by atoms with Gasteiger partial charge in [-0.05, 0) is 44.9 Å². The number of rotatable bonds is 7. The van der Waals surface area contributed by atoms with Crippen LogP contribution in [0.3, 0.4) is 0 Å². The van der Waals surface area contributed by atoms with E-state index in [1.165, 1.54) is 0 Å². The van der Waals surface area contributed by atoms with Gasteiger partial charge in [0, 0.05) is 25.5 Å². The molecule has 0 saturated heterocycles. The number of aromatic nitrogens is 2. The van der Waals surface area contributed by atoms with Crippen LogP contribution in [-0.4, -0.2) is 34.5 Å². The van der Waals surface area contributed by atoms with Crippen LogP contribution in [0, 0.1) is 6.92 Å². The zero-order valence-electron chi connectivity index (χ0n) is 12.9. The molecule has 114 valence electrons. The fourth-order valence-corrected chi connectivity index (χ4v) is 2.07. The van der Waals surface area contributed by atoms with Crippen LogP contribution in [0.25, 0.3) is 5.65 Å². The van der Waals surface area contributed by atoms with Crippen molar-refractivity contribution < 1.29 is 9.53 Å². The lowest BCUT2D eigenvalue weighted by molar-refractivity contribution is -0.120. The largest absolute Gasteiger partial charge is 0.379 e. The second-order valence-corrected chi connectivity index (χ2v) is 5.50. The summed E-state index contributed by atoms with van der Waals surface area (Å²) in [5.74, 6) is -0.000301. The number of aryl methyl sites for hydroxylation is 1. The van der Waals surface area contributed by atoms with Crippen molar-refractivity contribution in [2.75, 3.05) is 13.2 Å². The van der Waals surface area contributed by atoms with E-state index in [2.05, 4.69) is 10.3 Å². The summed E-state index contributed by atoms with van der Waals surface area (Å²) in [6.45, 7) is 7.34. The van der Waals surface area contributed by atoms with Gasteiger partial charge in [0.2, 0.25) is 5.91 Å². The van der Waals surface area contributed by atoms with Crippen molar-refractivity contribution in [1.29, 1.82) is 0 Å². The summed E-state index contributed by atoms with van der Waals surface area (Å²) in [6.07, 6.45) is 5.24. The number of carbonyl (C=O) groups excluding carboxylic acids is 1. The topological polar surface area (TPSA) is 55.6 Å². The smallest absolute Gasteiger partial charge is 0.226 e. The van der Waals surface area contributed by atoms with Crippen LogP contribution in [0.15, 0.2) is 24.5 Å². The molecule has 0 fully saturated rings. The Morgan fingerprint density at radius 3 is 3.05 bits per heavy atom. The molecular formula is C16H23N3O2. The molecule has 0 aromatic carbocycles. The molecule has 0 saturated carbocycles. The third-order valence-electron chi connectivity index (χ3n) is 3.10. The molecule has 0 aliphatic rings. The summed E-state index contributed by atoms with van der Waals surface area (Å²) in [6, 6.07) is 4.03. The van der Waals surface area contributed by atoms with Crippen LogP contribution in [-0.2, 0) is 16.0 Å². The minimum absolute atomic E-state index is 0.000301. The second-order valence-electron chi connectivity index (χ2n) is 5.50. The average Bonchev–Trinajstić information content (AvgIpc) is 2.79. The Kier molecular flexibility index (Phi) is 5.33. The lowest BCUT2D eigenvalue weighted by Crippen LogP contribution is -2.27. The predicted molar refractivity (Wildman–Crippen MR) is 82.3 cm³/mol. The molecule has 2 rings (SSSR count). The van der Waals surface area contributed by atoms with Gasteiger partial charge in [0.1, 0.15) is 5.65 Å². The number of hydrogen-bond acceptors (Lipinski definition) is 3. The van der Waals surface area contributed by atoms with Gasteiger partial charge < -0.3 is 14.5 Å². The van der Waals surface area contributed by atoms with Crippen molar-refractivity contribution >= 4 is 11.6 Å². The van der Waals surface area contributed by atoms with E-state index in [1.807, 2.05) is 49.7 Å². The molecule has 2 aromatic heterocycles. The minimum Gasteiger partial charge on any atom is -0.379 e. The van der Waals surface area contributed by atoms with Gasteiger partial charge in [0.15, 0.2) is 0 Å². The number of pyridine rings is 1. The zero-order chi connectivity index (χ0) is 15.2. The first-order chi connectivity index (χ1) is 10.0. The van der Waals surface area contributed by atoms with Crippen molar-refractivity contribution in [3.63, 3.8) is 0 Å².